The highest BCUT2D eigenvalue weighted by atomic mass is 32.2. The Hall–Kier alpha value is -2.37. The molecule has 7 nitrogen and oxygen atoms in total. The highest BCUT2D eigenvalue weighted by Gasteiger charge is 2.19. The third kappa shape index (κ3) is 4.34. The van der Waals surface area contributed by atoms with Crippen molar-refractivity contribution in [2.45, 2.75) is 38.0 Å². The van der Waals surface area contributed by atoms with Crippen molar-refractivity contribution in [2.24, 2.45) is 0 Å². The van der Waals surface area contributed by atoms with Gasteiger partial charge in [0.15, 0.2) is 5.03 Å². The third-order valence-electron chi connectivity index (χ3n) is 3.39. The van der Waals surface area contributed by atoms with E-state index in [0.29, 0.717) is 12.4 Å². The largest absolute Gasteiger partial charge is 0.355 e. The number of pyridine rings is 1. The Labute approximate surface area is 142 Å². The van der Waals surface area contributed by atoms with Gasteiger partial charge in [-0.15, -0.1) is 6.42 Å². The molecule has 1 unspecified atom stereocenters. The number of sulfonamides is 1. The molecule has 0 aromatic carbocycles. The first kappa shape index (κ1) is 18.0. The van der Waals surface area contributed by atoms with Gasteiger partial charge < -0.3 is 4.90 Å². The Morgan fingerprint density at radius 2 is 2.21 bits per heavy atom. The molecular formula is C16H21N5O2S. The molecule has 2 heterocycles. The van der Waals surface area contributed by atoms with E-state index < -0.39 is 16.1 Å². The molecule has 0 fully saturated rings. The van der Waals surface area contributed by atoms with Crippen LogP contribution in [0.1, 0.15) is 19.4 Å². The van der Waals surface area contributed by atoms with Gasteiger partial charge in [-0.05, 0) is 26.0 Å². The first-order chi connectivity index (χ1) is 11.4. The van der Waals surface area contributed by atoms with Gasteiger partial charge >= 0.3 is 0 Å². The van der Waals surface area contributed by atoms with E-state index in [4.69, 9.17) is 6.42 Å². The molecule has 2 rings (SSSR count). The SMILES string of the molecule is C#CC(C)NS(=O)(=O)c1cccc(N(C)Cc2cnn(CC)c2)n1. The third-order valence-corrected chi connectivity index (χ3v) is 4.83. The van der Waals surface area contributed by atoms with Gasteiger partial charge in [0.2, 0.25) is 0 Å². The molecule has 2 aromatic rings. The van der Waals surface area contributed by atoms with Gasteiger partial charge in [-0.2, -0.15) is 9.82 Å². The predicted molar refractivity (Wildman–Crippen MR) is 92.9 cm³/mol. The Bertz CT molecular complexity index is 838. The highest BCUT2D eigenvalue weighted by Crippen LogP contribution is 2.16. The van der Waals surface area contributed by atoms with Crippen molar-refractivity contribution in [1.29, 1.82) is 0 Å². The maximum absolute atomic E-state index is 12.3. The Balaban J connectivity index is 2.18. The number of hydrogen-bond acceptors (Lipinski definition) is 5. The molecule has 128 valence electrons. The molecule has 1 atom stereocenters. The van der Waals surface area contributed by atoms with Crippen LogP contribution in [0, 0.1) is 12.3 Å². The Morgan fingerprint density at radius 3 is 2.83 bits per heavy atom. The summed E-state index contributed by atoms with van der Waals surface area (Å²) >= 11 is 0. The summed E-state index contributed by atoms with van der Waals surface area (Å²) in [5.41, 5.74) is 1.02. The molecule has 0 spiro atoms. The van der Waals surface area contributed by atoms with E-state index in [9.17, 15) is 8.42 Å². The second-order valence-corrected chi connectivity index (χ2v) is 7.06. The second-order valence-electron chi connectivity index (χ2n) is 5.40. The van der Waals surface area contributed by atoms with Gasteiger partial charge in [0.25, 0.3) is 10.0 Å². The van der Waals surface area contributed by atoms with E-state index in [-0.39, 0.29) is 5.03 Å². The lowest BCUT2D eigenvalue weighted by Crippen LogP contribution is -2.32. The van der Waals surface area contributed by atoms with Gasteiger partial charge in [0, 0.05) is 31.9 Å². The Morgan fingerprint density at radius 1 is 1.46 bits per heavy atom. The number of aryl methyl sites for hydroxylation is 1. The smallest absolute Gasteiger partial charge is 0.259 e. The van der Waals surface area contributed by atoms with Crippen molar-refractivity contribution >= 4 is 15.8 Å². The fourth-order valence-corrected chi connectivity index (χ4v) is 3.23. The molecule has 0 saturated carbocycles. The van der Waals surface area contributed by atoms with Crippen LogP contribution >= 0.6 is 0 Å². The molecule has 8 heteroatoms. The van der Waals surface area contributed by atoms with Gasteiger partial charge in [0.1, 0.15) is 5.82 Å². The fourth-order valence-electron chi connectivity index (χ4n) is 2.11. The maximum Gasteiger partial charge on any atom is 0.259 e. The molecule has 0 aliphatic carbocycles. The standard InChI is InChI=1S/C16H21N5O2S/c1-5-13(3)19-24(22,23)16-9-7-8-15(18-16)20(4)11-14-10-17-21(6-2)12-14/h1,7-10,12-13,19H,6,11H2,2-4H3. The van der Waals surface area contributed by atoms with Crippen LogP contribution in [0.15, 0.2) is 35.6 Å². The van der Waals surface area contributed by atoms with E-state index in [2.05, 4.69) is 20.7 Å². The van der Waals surface area contributed by atoms with Gasteiger partial charge in [-0.1, -0.05) is 12.0 Å². The zero-order valence-corrected chi connectivity index (χ0v) is 14.8. The lowest BCUT2D eigenvalue weighted by molar-refractivity contribution is 0.573. The zero-order chi connectivity index (χ0) is 17.7. The minimum Gasteiger partial charge on any atom is -0.355 e. The van der Waals surface area contributed by atoms with Crippen LogP contribution < -0.4 is 9.62 Å². The summed E-state index contributed by atoms with van der Waals surface area (Å²) in [6.45, 7) is 4.99. The summed E-state index contributed by atoms with van der Waals surface area (Å²) in [4.78, 5) is 6.10. The van der Waals surface area contributed by atoms with Crippen LogP contribution in [0.3, 0.4) is 0 Å². The van der Waals surface area contributed by atoms with Crippen molar-refractivity contribution in [3.63, 3.8) is 0 Å². The number of anilines is 1. The van der Waals surface area contributed by atoms with Crippen LogP contribution in [-0.2, 0) is 23.1 Å². The summed E-state index contributed by atoms with van der Waals surface area (Å²) in [6.07, 6.45) is 8.96. The normalized spacial score (nSPS) is 12.6. The maximum atomic E-state index is 12.3. The van der Waals surface area contributed by atoms with Gasteiger partial charge in [0.05, 0.1) is 12.2 Å². The first-order valence-electron chi connectivity index (χ1n) is 7.53. The van der Waals surface area contributed by atoms with Crippen LogP contribution in [0.4, 0.5) is 5.82 Å². The van der Waals surface area contributed by atoms with E-state index in [0.717, 1.165) is 12.1 Å². The summed E-state index contributed by atoms with van der Waals surface area (Å²) < 4.78 is 28.8. The van der Waals surface area contributed by atoms with Gasteiger partial charge in [-0.25, -0.2) is 13.4 Å². The minimum atomic E-state index is -3.75. The van der Waals surface area contributed by atoms with Crippen molar-refractivity contribution in [2.75, 3.05) is 11.9 Å². The topological polar surface area (TPSA) is 80.1 Å². The summed E-state index contributed by atoms with van der Waals surface area (Å²) in [7, 11) is -1.90. The summed E-state index contributed by atoms with van der Waals surface area (Å²) in [5, 5.41) is 4.17. The van der Waals surface area contributed by atoms with E-state index in [1.54, 1.807) is 25.3 Å². The molecule has 1 N–H and O–H groups in total. The Kier molecular flexibility index (Phi) is 5.59. The fraction of sp³-hybridized carbons (Fsp3) is 0.375. The van der Waals surface area contributed by atoms with Crippen molar-refractivity contribution < 1.29 is 8.42 Å². The highest BCUT2D eigenvalue weighted by molar-refractivity contribution is 7.89. The van der Waals surface area contributed by atoms with Gasteiger partial charge in [-0.3, -0.25) is 4.68 Å². The lowest BCUT2D eigenvalue weighted by atomic mass is 10.3. The van der Waals surface area contributed by atoms with Crippen molar-refractivity contribution in [3.05, 3.63) is 36.2 Å². The lowest BCUT2D eigenvalue weighted by Gasteiger charge is -2.18. The van der Waals surface area contributed by atoms with Crippen molar-refractivity contribution in [1.82, 2.24) is 19.5 Å². The average Bonchev–Trinajstić information content (AvgIpc) is 3.02. The monoisotopic (exact) mass is 347 g/mol. The first-order valence-corrected chi connectivity index (χ1v) is 9.02. The minimum absolute atomic E-state index is 0.0572. The molecule has 0 amide bonds. The predicted octanol–water partition coefficient (Wildman–Crippen LogP) is 1.23. The molecule has 2 aromatic heterocycles. The van der Waals surface area contributed by atoms with E-state index in [1.807, 2.05) is 29.7 Å². The number of nitrogens with one attached hydrogen (secondary N) is 1. The number of aromatic nitrogens is 3. The van der Waals surface area contributed by atoms with Crippen LogP contribution in [-0.4, -0.2) is 36.3 Å². The molecule has 0 radical (unpaired) electrons. The number of nitrogens with zero attached hydrogens (tertiary/aromatic N) is 4. The molecular weight excluding hydrogens is 326 g/mol. The summed E-state index contributed by atoms with van der Waals surface area (Å²) in [5.74, 6) is 2.88. The average molecular weight is 347 g/mol. The quantitative estimate of drug-likeness (QED) is 0.762. The van der Waals surface area contributed by atoms with E-state index >= 15 is 0 Å². The second kappa shape index (κ2) is 7.47. The molecule has 24 heavy (non-hydrogen) atoms. The molecule has 0 bridgehead atoms. The molecule has 0 saturated heterocycles. The number of hydrogen-bond donors (Lipinski definition) is 1. The van der Waals surface area contributed by atoms with Crippen LogP contribution in [0.5, 0.6) is 0 Å². The summed E-state index contributed by atoms with van der Waals surface area (Å²) in [6, 6.07) is 4.26. The number of terminal acetylenes is 1. The van der Waals surface area contributed by atoms with E-state index in [1.165, 1.54) is 6.07 Å². The van der Waals surface area contributed by atoms with Crippen LogP contribution in [0.2, 0.25) is 0 Å². The molecule has 0 aliphatic heterocycles. The number of rotatable bonds is 7. The molecule has 0 aliphatic rings. The zero-order valence-electron chi connectivity index (χ0n) is 14.0. The van der Waals surface area contributed by atoms with Crippen molar-refractivity contribution in [3.8, 4) is 12.3 Å². The van der Waals surface area contributed by atoms with Crippen LogP contribution in [0.25, 0.3) is 0 Å².